The van der Waals surface area contributed by atoms with Crippen LogP contribution in [0.2, 0.25) is 0 Å². The lowest BCUT2D eigenvalue weighted by Crippen LogP contribution is -2.51. The molecular formula is C20H24F3N4O2+. The third-order valence-electron chi connectivity index (χ3n) is 4.49. The Kier molecular flexibility index (Phi) is 5.64. The smallest absolute Gasteiger partial charge is 0.352 e. The minimum atomic E-state index is -4.51. The number of benzene rings is 1. The lowest BCUT2D eigenvalue weighted by atomic mass is 10.1. The molecule has 29 heavy (non-hydrogen) atoms. The van der Waals surface area contributed by atoms with E-state index in [1.807, 2.05) is 0 Å². The van der Waals surface area contributed by atoms with E-state index in [9.17, 15) is 18.0 Å². The number of aromatic nitrogens is 1. The molecular weight excluding hydrogens is 385 g/mol. The van der Waals surface area contributed by atoms with Gasteiger partial charge in [-0.15, -0.1) is 0 Å². The highest BCUT2D eigenvalue weighted by molar-refractivity contribution is 5.96. The number of alkyl halides is 3. The Morgan fingerprint density at radius 2 is 2.07 bits per heavy atom. The normalized spacial score (nSPS) is 20.4. The molecule has 0 saturated carbocycles. The molecule has 0 unspecified atom stereocenters. The molecule has 0 radical (unpaired) electrons. The van der Waals surface area contributed by atoms with Crippen LogP contribution in [0.4, 0.5) is 18.9 Å². The van der Waals surface area contributed by atoms with Gasteiger partial charge in [-0.25, -0.2) is 0 Å². The number of halogens is 3. The maximum absolute atomic E-state index is 13.4. The second kappa shape index (κ2) is 7.72. The minimum Gasteiger partial charge on any atom is -0.352 e. The highest BCUT2D eigenvalue weighted by Crippen LogP contribution is 2.37. The van der Waals surface area contributed by atoms with Crippen molar-refractivity contribution in [1.29, 1.82) is 0 Å². The van der Waals surface area contributed by atoms with Gasteiger partial charge in [0, 0.05) is 24.3 Å². The van der Waals surface area contributed by atoms with E-state index in [0.29, 0.717) is 17.6 Å². The number of ether oxygens (including phenoxy) is 1. The molecule has 1 aliphatic rings. The Balaban J connectivity index is 2.00. The Hall–Kier alpha value is -2.52. The number of amides is 1. The fraction of sp³-hybridized carbons (Fsp3) is 0.450. The first kappa shape index (κ1) is 21.2. The molecule has 0 bridgehead atoms. The van der Waals surface area contributed by atoms with Gasteiger partial charge in [0.25, 0.3) is 5.91 Å². The molecule has 0 aliphatic carbocycles. The summed E-state index contributed by atoms with van der Waals surface area (Å²) in [5, 5.41) is 3.10. The van der Waals surface area contributed by atoms with Gasteiger partial charge in [-0.05, 0) is 39.0 Å². The summed E-state index contributed by atoms with van der Waals surface area (Å²) in [7, 11) is 0. The first-order valence-corrected chi connectivity index (χ1v) is 9.24. The van der Waals surface area contributed by atoms with Gasteiger partial charge in [-0.2, -0.15) is 17.7 Å². The van der Waals surface area contributed by atoms with Gasteiger partial charge in [-0.3, -0.25) is 9.78 Å². The topological polar surface area (TPSA) is 80.2 Å². The number of rotatable bonds is 4. The van der Waals surface area contributed by atoms with Crippen molar-refractivity contribution in [3.63, 3.8) is 0 Å². The van der Waals surface area contributed by atoms with E-state index in [-0.39, 0.29) is 24.1 Å². The quantitative estimate of drug-likeness (QED) is 0.761. The van der Waals surface area contributed by atoms with Crippen molar-refractivity contribution >= 4 is 28.7 Å². The summed E-state index contributed by atoms with van der Waals surface area (Å²) in [6, 6.07) is 5.60. The zero-order valence-electron chi connectivity index (χ0n) is 16.5. The number of carbonyl (C=O) groups is 1. The van der Waals surface area contributed by atoms with Crippen molar-refractivity contribution < 1.29 is 27.3 Å². The van der Waals surface area contributed by atoms with E-state index in [1.54, 1.807) is 43.7 Å². The van der Waals surface area contributed by atoms with Gasteiger partial charge in [-0.1, -0.05) is 0 Å². The number of hydrogen-bond acceptors (Lipinski definition) is 4. The highest BCUT2D eigenvalue weighted by atomic mass is 19.4. The zero-order chi connectivity index (χ0) is 21.4. The van der Waals surface area contributed by atoms with Crippen molar-refractivity contribution in [1.82, 2.24) is 10.3 Å². The Morgan fingerprint density at radius 3 is 2.72 bits per heavy atom. The number of fused-ring (bicyclic) bond motifs is 1. The van der Waals surface area contributed by atoms with Gasteiger partial charge in [0.1, 0.15) is 6.10 Å². The van der Waals surface area contributed by atoms with Crippen LogP contribution in [-0.2, 0) is 15.7 Å². The van der Waals surface area contributed by atoms with E-state index in [2.05, 4.69) is 10.3 Å². The Bertz CT molecular complexity index is 951. The molecule has 0 saturated heterocycles. The third kappa shape index (κ3) is 4.91. The number of hydrogen-bond donors (Lipinski definition) is 2. The van der Waals surface area contributed by atoms with Crippen LogP contribution in [0.3, 0.4) is 0 Å². The maximum Gasteiger partial charge on any atom is 0.418 e. The molecule has 2 heterocycles. The molecule has 1 aliphatic heterocycles. The summed E-state index contributed by atoms with van der Waals surface area (Å²) in [5.74, 6) is -0.352. The van der Waals surface area contributed by atoms with Crippen molar-refractivity contribution in [2.24, 2.45) is 5.73 Å². The molecule has 2 atom stereocenters. The molecule has 0 fully saturated rings. The summed E-state index contributed by atoms with van der Waals surface area (Å²) >= 11 is 0. The summed E-state index contributed by atoms with van der Waals surface area (Å²) in [5.41, 5.74) is 4.93. The molecule has 6 nitrogen and oxygen atoms in total. The second-order valence-electron chi connectivity index (χ2n) is 7.90. The largest absolute Gasteiger partial charge is 0.418 e. The van der Waals surface area contributed by atoms with Crippen molar-refractivity contribution in [3.8, 4) is 0 Å². The number of nitrogens with one attached hydrogen (secondary N) is 1. The molecule has 2 aromatic rings. The molecule has 1 aromatic carbocycles. The van der Waals surface area contributed by atoms with Gasteiger partial charge < -0.3 is 15.8 Å². The average molecular weight is 409 g/mol. The monoisotopic (exact) mass is 409 g/mol. The van der Waals surface area contributed by atoms with Gasteiger partial charge >= 0.3 is 6.18 Å². The zero-order valence-corrected chi connectivity index (χ0v) is 16.5. The van der Waals surface area contributed by atoms with E-state index in [0.717, 1.165) is 6.07 Å². The van der Waals surface area contributed by atoms with Crippen LogP contribution in [-0.4, -0.2) is 52.5 Å². The van der Waals surface area contributed by atoms with E-state index >= 15 is 0 Å². The van der Waals surface area contributed by atoms with Crippen LogP contribution in [0.25, 0.3) is 10.9 Å². The molecule has 1 aromatic heterocycles. The maximum atomic E-state index is 13.4. The fourth-order valence-corrected chi connectivity index (χ4v) is 3.19. The fourth-order valence-electron chi connectivity index (χ4n) is 3.19. The second-order valence-corrected chi connectivity index (χ2v) is 7.90. The molecule has 9 heteroatoms. The summed E-state index contributed by atoms with van der Waals surface area (Å²) < 4.78 is 47.5. The summed E-state index contributed by atoms with van der Waals surface area (Å²) in [4.78, 5) is 16.5. The molecule has 156 valence electrons. The standard InChI is InChI=1S/C20H23F3N4O2/c1-12-9-27(10-16(29-12)18(28)26-11-19(2,3)24)15-7-6-14(20(21,22)23)17-13(15)5-4-8-25-17/h4-8,10,12,16H,9,11,24H2,1-3H3/p+1/t12-,16-/m1/s1. The predicted octanol–water partition coefficient (Wildman–Crippen LogP) is 2.61. The lowest BCUT2D eigenvalue weighted by Gasteiger charge is -2.25. The Labute approximate surface area is 166 Å². The van der Waals surface area contributed by atoms with Crippen LogP contribution >= 0.6 is 0 Å². The first-order valence-electron chi connectivity index (χ1n) is 9.24. The van der Waals surface area contributed by atoms with Gasteiger partial charge in [0.15, 0.2) is 12.8 Å². The molecule has 1 amide bonds. The average Bonchev–Trinajstić information content (AvgIpc) is 2.63. The predicted molar refractivity (Wildman–Crippen MR) is 103 cm³/mol. The number of nitrogens with two attached hydrogens (primary N) is 1. The minimum absolute atomic E-state index is 0.129. The van der Waals surface area contributed by atoms with Crippen molar-refractivity contribution in [3.05, 3.63) is 36.0 Å². The lowest BCUT2D eigenvalue weighted by molar-refractivity contribution is -0.460. The Morgan fingerprint density at radius 1 is 1.34 bits per heavy atom. The molecule has 3 N–H and O–H groups in total. The number of carbonyl (C=O) groups excluding carboxylic acids is 1. The molecule has 3 rings (SSSR count). The van der Waals surface area contributed by atoms with Gasteiger partial charge in [0.2, 0.25) is 11.8 Å². The first-order chi connectivity index (χ1) is 13.5. The van der Waals surface area contributed by atoms with Crippen LogP contribution in [0, 0.1) is 0 Å². The summed E-state index contributed by atoms with van der Waals surface area (Å²) in [6.07, 6.45) is -2.79. The third-order valence-corrected chi connectivity index (χ3v) is 4.49. The van der Waals surface area contributed by atoms with Crippen LogP contribution in [0.15, 0.2) is 30.5 Å². The van der Waals surface area contributed by atoms with E-state index in [1.165, 1.54) is 12.3 Å². The van der Waals surface area contributed by atoms with E-state index in [4.69, 9.17) is 10.5 Å². The molecule has 0 spiro atoms. The highest BCUT2D eigenvalue weighted by Gasteiger charge is 2.36. The number of nitrogens with zero attached hydrogens (tertiary/aromatic N) is 2. The van der Waals surface area contributed by atoms with E-state index < -0.39 is 23.4 Å². The van der Waals surface area contributed by atoms with Crippen molar-refractivity contribution in [2.45, 2.75) is 44.7 Å². The summed E-state index contributed by atoms with van der Waals surface area (Å²) in [6.45, 7) is 6.03. The van der Waals surface area contributed by atoms with Crippen LogP contribution < -0.4 is 11.1 Å². The number of pyridine rings is 1. The van der Waals surface area contributed by atoms with Crippen LogP contribution in [0.1, 0.15) is 26.3 Å². The SMILES string of the molecule is C[C@@H]1C[N+](c2ccc(C(F)(F)F)c3ncccc23)=C[C@H](C(=O)NCC(C)(C)N)O1. The van der Waals surface area contributed by atoms with Crippen LogP contribution in [0.5, 0.6) is 0 Å². The van der Waals surface area contributed by atoms with Gasteiger partial charge in [0.05, 0.1) is 16.5 Å². The van der Waals surface area contributed by atoms with Crippen molar-refractivity contribution in [2.75, 3.05) is 13.1 Å².